The molecule has 0 aliphatic rings. The van der Waals surface area contributed by atoms with Crippen molar-refractivity contribution in [3.63, 3.8) is 0 Å². The van der Waals surface area contributed by atoms with Gasteiger partial charge in [0.25, 0.3) is 5.91 Å². The summed E-state index contributed by atoms with van der Waals surface area (Å²) in [5.41, 5.74) is 1.97. The first-order chi connectivity index (χ1) is 19.2. The van der Waals surface area contributed by atoms with Gasteiger partial charge in [0.1, 0.15) is 24.0 Å². The Morgan fingerprint density at radius 1 is 0.925 bits per heavy atom. The molecule has 0 unspecified atom stereocenters. The zero-order valence-corrected chi connectivity index (χ0v) is 24.1. The molecule has 0 radical (unpaired) electrons. The van der Waals surface area contributed by atoms with Gasteiger partial charge in [0, 0.05) is 12.3 Å². The van der Waals surface area contributed by atoms with Crippen LogP contribution in [0.4, 0.5) is 0 Å². The largest absolute Gasteiger partial charge is 0.503 e. The molecule has 3 atom stereocenters. The third-order valence-electron chi connectivity index (χ3n) is 7.04. The van der Waals surface area contributed by atoms with Crippen LogP contribution in [-0.4, -0.2) is 47.3 Å². The Morgan fingerprint density at radius 2 is 1.55 bits per heavy atom. The van der Waals surface area contributed by atoms with Gasteiger partial charge in [-0.05, 0) is 54.9 Å². The topological polar surface area (TPSA) is 107 Å². The molecule has 0 aliphatic heterocycles. The number of carbonyl (C=O) groups excluding carboxylic acids is 2. The summed E-state index contributed by atoms with van der Waals surface area (Å²) in [5, 5.41) is 13.0. The van der Waals surface area contributed by atoms with Crippen LogP contribution in [0.15, 0.2) is 66.9 Å². The average Bonchev–Trinajstić information content (AvgIpc) is 2.96. The number of pyridine rings is 1. The van der Waals surface area contributed by atoms with E-state index in [2.05, 4.69) is 36.3 Å². The van der Waals surface area contributed by atoms with E-state index < -0.39 is 35.9 Å². The molecular weight excluding hydrogens is 508 g/mol. The van der Waals surface area contributed by atoms with Gasteiger partial charge in [-0.25, -0.2) is 9.78 Å². The Labute approximate surface area is 236 Å². The van der Waals surface area contributed by atoms with E-state index in [9.17, 15) is 14.7 Å². The van der Waals surface area contributed by atoms with Gasteiger partial charge in [-0.15, -0.1) is 0 Å². The number of nitrogens with zero attached hydrogens (tertiary/aromatic N) is 1. The Bertz CT molecular complexity index is 1240. The first-order valence-corrected chi connectivity index (χ1v) is 13.7. The van der Waals surface area contributed by atoms with Crippen molar-refractivity contribution in [2.45, 2.75) is 65.7 Å². The molecule has 40 heavy (non-hydrogen) atoms. The van der Waals surface area contributed by atoms with E-state index in [0.717, 1.165) is 24.0 Å². The van der Waals surface area contributed by atoms with Crippen LogP contribution >= 0.6 is 0 Å². The van der Waals surface area contributed by atoms with Crippen molar-refractivity contribution in [1.82, 2.24) is 10.3 Å². The number of rotatable bonds is 13. The van der Waals surface area contributed by atoms with E-state index in [4.69, 9.17) is 14.2 Å². The van der Waals surface area contributed by atoms with Gasteiger partial charge in [-0.3, -0.25) is 4.79 Å². The fraction of sp³-hybridized carbons (Fsp3) is 0.406. The second-order valence-corrected chi connectivity index (χ2v) is 10.1. The van der Waals surface area contributed by atoms with Crippen molar-refractivity contribution in [3.05, 3.63) is 72.6 Å². The predicted octanol–water partition coefficient (Wildman–Crippen LogP) is 6.03. The van der Waals surface area contributed by atoms with Crippen molar-refractivity contribution in [1.29, 1.82) is 0 Å². The summed E-state index contributed by atoms with van der Waals surface area (Å²) in [7, 11) is 1.38. The van der Waals surface area contributed by atoms with Crippen LogP contribution < -0.4 is 14.8 Å². The van der Waals surface area contributed by atoms with E-state index in [1.807, 2.05) is 49.4 Å². The molecule has 1 heterocycles. The van der Waals surface area contributed by atoms with E-state index in [1.165, 1.54) is 19.4 Å². The number of nitrogens with one attached hydrogen (secondary N) is 1. The van der Waals surface area contributed by atoms with Crippen LogP contribution in [0.5, 0.6) is 17.2 Å². The number of benzene rings is 2. The number of esters is 1. The summed E-state index contributed by atoms with van der Waals surface area (Å²) in [6.45, 7) is 9.59. The van der Waals surface area contributed by atoms with Crippen LogP contribution in [0.2, 0.25) is 0 Å². The van der Waals surface area contributed by atoms with Crippen molar-refractivity contribution >= 4 is 11.9 Å². The molecule has 214 valence electrons. The molecule has 8 heteroatoms. The van der Waals surface area contributed by atoms with Crippen molar-refractivity contribution < 1.29 is 28.9 Å². The Balaban J connectivity index is 1.75. The van der Waals surface area contributed by atoms with E-state index in [0.29, 0.717) is 5.75 Å². The first kappa shape index (κ1) is 30.5. The maximum absolute atomic E-state index is 13.3. The number of ether oxygens (including phenoxy) is 3. The lowest BCUT2D eigenvalue weighted by Crippen LogP contribution is -2.48. The van der Waals surface area contributed by atoms with Crippen LogP contribution in [0.3, 0.4) is 0 Å². The lowest BCUT2D eigenvalue weighted by molar-refractivity contribution is -0.158. The Morgan fingerprint density at radius 3 is 2.12 bits per heavy atom. The molecule has 1 amide bonds. The van der Waals surface area contributed by atoms with E-state index in [-0.39, 0.29) is 23.3 Å². The van der Waals surface area contributed by atoms with Crippen molar-refractivity contribution in [3.8, 4) is 28.4 Å². The summed E-state index contributed by atoms with van der Waals surface area (Å²) in [6.07, 6.45) is 2.05. The number of amides is 1. The smallest absolute Gasteiger partial charge is 0.329 e. The molecule has 2 N–H and O–H groups in total. The third kappa shape index (κ3) is 7.52. The van der Waals surface area contributed by atoms with Crippen LogP contribution in [0.25, 0.3) is 11.1 Å². The second-order valence-electron chi connectivity index (χ2n) is 10.1. The van der Waals surface area contributed by atoms with E-state index >= 15 is 0 Å². The van der Waals surface area contributed by atoms with Gasteiger partial charge >= 0.3 is 5.97 Å². The molecule has 0 aliphatic carbocycles. The Kier molecular flexibility index (Phi) is 10.9. The van der Waals surface area contributed by atoms with E-state index in [1.54, 1.807) is 13.8 Å². The molecule has 2 aromatic carbocycles. The number of aromatic nitrogens is 1. The lowest BCUT2D eigenvalue weighted by Gasteiger charge is -2.32. The summed E-state index contributed by atoms with van der Waals surface area (Å²) in [6, 6.07) is 18.5. The van der Waals surface area contributed by atoms with Gasteiger partial charge in [0.2, 0.25) is 0 Å². The molecule has 0 fully saturated rings. The summed E-state index contributed by atoms with van der Waals surface area (Å²) < 4.78 is 17.4. The quantitative estimate of drug-likeness (QED) is 0.251. The van der Waals surface area contributed by atoms with Gasteiger partial charge in [-0.1, -0.05) is 70.2 Å². The summed E-state index contributed by atoms with van der Waals surface area (Å²) >= 11 is 0. The number of aromatic hydroxyl groups is 1. The normalized spacial score (nSPS) is 13.4. The fourth-order valence-electron chi connectivity index (χ4n) is 4.64. The number of carbonyl (C=O) groups is 2. The number of methoxy groups -OCH3 is 1. The highest BCUT2D eigenvalue weighted by molar-refractivity contribution is 5.98. The SMILES string of the molecule is CCC(CC)[C@@H](Oc1ccc(-c2ccccc2)cc1)[C@H](C)OC(=O)[C@@H](NC(=O)c1nccc(OC)c1O)C(C)C. The van der Waals surface area contributed by atoms with Gasteiger partial charge in [-0.2, -0.15) is 0 Å². The molecule has 8 nitrogen and oxygen atoms in total. The molecule has 0 bridgehead atoms. The zero-order chi connectivity index (χ0) is 29.2. The molecular formula is C32H40N2O6. The predicted molar refractivity (Wildman–Crippen MR) is 154 cm³/mol. The van der Waals surface area contributed by atoms with Gasteiger partial charge < -0.3 is 24.6 Å². The second kappa shape index (κ2) is 14.4. The molecule has 3 rings (SSSR count). The van der Waals surface area contributed by atoms with Crippen LogP contribution in [0, 0.1) is 11.8 Å². The molecule has 0 spiro atoms. The molecule has 0 saturated heterocycles. The molecule has 3 aromatic rings. The highest BCUT2D eigenvalue weighted by atomic mass is 16.6. The fourth-order valence-corrected chi connectivity index (χ4v) is 4.64. The first-order valence-electron chi connectivity index (χ1n) is 13.7. The third-order valence-corrected chi connectivity index (χ3v) is 7.04. The average molecular weight is 549 g/mol. The standard InChI is InChI=1S/C32H40N2O6/c1-7-22(8-2)30(40-25-16-14-24(15-17-25)23-12-10-9-11-13-23)21(5)39-32(37)27(20(3)4)34-31(36)28-29(35)26(38-6)18-19-33-28/h9-22,27,30,35H,7-8H2,1-6H3,(H,34,36)/t21-,27-,30-/m0/s1. The van der Waals surface area contributed by atoms with Crippen molar-refractivity contribution in [2.75, 3.05) is 7.11 Å². The summed E-state index contributed by atoms with van der Waals surface area (Å²) in [5.74, 6) is -1.03. The van der Waals surface area contributed by atoms with Crippen LogP contribution in [-0.2, 0) is 9.53 Å². The minimum Gasteiger partial charge on any atom is -0.503 e. The lowest BCUT2D eigenvalue weighted by atomic mass is 9.92. The Hall–Kier alpha value is -4.07. The highest BCUT2D eigenvalue weighted by Crippen LogP contribution is 2.29. The number of hydrogen-bond donors (Lipinski definition) is 2. The summed E-state index contributed by atoms with van der Waals surface area (Å²) in [4.78, 5) is 30.2. The van der Waals surface area contributed by atoms with Gasteiger partial charge in [0.05, 0.1) is 7.11 Å². The monoisotopic (exact) mass is 548 g/mol. The number of hydrogen-bond acceptors (Lipinski definition) is 7. The molecule has 0 saturated carbocycles. The maximum atomic E-state index is 13.3. The minimum atomic E-state index is -0.963. The highest BCUT2D eigenvalue weighted by Gasteiger charge is 2.34. The van der Waals surface area contributed by atoms with Crippen LogP contribution in [0.1, 0.15) is 57.9 Å². The minimum absolute atomic E-state index is 0.111. The van der Waals surface area contributed by atoms with Crippen molar-refractivity contribution in [2.24, 2.45) is 11.8 Å². The molecule has 1 aromatic heterocycles. The zero-order valence-electron chi connectivity index (χ0n) is 24.1. The maximum Gasteiger partial charge on any atom is 0.329 e. The van der Waals surface area contributed by atoms with Gasteiger partial charge in [0.15, 0.2) is 17.2 Å².